The second kappa shape index (κ2) is 17.5. The van der Waals surface area contributed by atoms with E-state index < -0.39 is 17.9 Å². The highest BCUT2D eigenvalue weighted by Crippen LogP contribution is 2.26. The van der Waals surface area contributed by atoms with Crippen LogP contribution in [0.1, 0.15) is 28.3 Å². The summed E-state index contributed by atoms with van der Waals surface area (Å²) in [6, 6.07) is 32.6. The number of nitrogens with one attached hydrogen (secondary N) is 2. The van der Waals surface area contributed by atoms with Gasteiger partial charge in [-0.2, -0.15) is 0 Å². The average Bonchev–Trinajstić information content (AvgIpc) is 3.08. The lowest BCUT2D eigenvalue weighted by Gasteiger charge is -2.31. The standard InChI is InChI=1S/C36H36BrN3O5/c37-31-16-14-27(15-17-31)20-21-40(34(43)19-18-33(42)38-25-28-8-3-1-4-9-28)35(30-12-7-13-32(24-30)45-23-22-41)36(44)39-26-29-10-5-2-6-11-29/h1-19,24,35,41H,20-23,25-26H2,(H,38,42)(H,39,44)/b19-18+. The zero-order chi connectivity index (χ0) is 31.9. The van der Waals surface area contributed by atoms with Crippen molar-refractivity contribution in [1.82, 2.24) is 15.5 Å². The highest BCUT2D eigenvalue weighted by atomic mass is 79.9. The molecule has 0 bridgehead atoms. The maximum Gasteiger partial charge on any atom is 0.247 e. The molecule has 4 rings (SSSR count). The molecule has 1 atom stereocenters. The van der Waals surface area contributed by atoms with Gasteiger partial charge in [0, 0.05) is 36.3 Å². The third kappa shape index (κ3) is 10.7. The number of hydrogen-bond acceptors (Lipinski definition) is 5. The SMILES string of the molecule is O=C(/C=C/C(=O)N(CCc1ccc(Br)cc1)C(C(=O)NCc1ccccc1)c1cccc(OCCO)c1)NCc1ccccc1. The van der Waals surface area contributed by atoms with Gasteiger partial charge in [-0.3, -0.25) is 14.4 Å². The molecule has 0 aliphatic heterocycles. The van der Waals surface area contributed by atoms with Crippen molar-refractivity contribution in [2.75, 3.05) is 19.8 Å². The van der Waals surface area contributed by atoms with Crippen LogP contribution >= 0.6 is 15.9 Å². The van der Waals surface area contributed by atoms with E-state index in [1.54, 1.807) is 24.3 Å². The van der Waals surface area contributed by atoms with Crippen molar-refractivity contribution in [2.24, 2.45) is 0 Å². The van der Waals surface area contributed by atoms with Gasteiger partial charge >= 0.3 is 0 Å². The lowest BCUT2D eigenvalue weighted by atomic mass is 10.0. The van der Waals surface area contributed by atoms with E-state index in [1.165, 1.54) is 17.1 Å². The van der Waals surface area contributed by atoms with Crippen molar-refractivity contribution in [3.05, 3.63) is 148 Å². The Morgan fingerprint density at radius 3 is 2.07 bits per heavy atom. The number of nitrogens with zero attached hydrogens (tertiary/aromatic N) is 1. The molecule has 3 amide bonds. The molecule has 3 N–H and O–H groups in total. The first-order chi connectivity index (χ1) is 21.9. The third-order valence-corrected chi connectivity index (χ3v) is 7.46. The van der Waals surface area contributed by atoms with E-state index in [2.05, 4.69) is 26.6 Å². The quantitative estimate of drug-likeness (QED) is 0.152. The van der Waals surface area contributed by atoms with Gasteiger partial charge in [-0.05, 0) is 52.9 Å². The second-order valence-corrected chi connectivity index (χ2v) is 11.1. The summed E-state index contributed by atoms with van der Waals surface area (Å²) in [6.45, 7) is 0.698. The number of amides is 3. The van der Waals surface area contributed by atoms with Gasteiger partial charge in [-0.15, -0.1) is 0 Å². The fraction of sp³-hybridized carbons (Fsp3) is 0.194. The highest BCUT2D eigenvalue weighted by Gasteiger charge is 2.31. The molecule has 4 aromatic carbocycles. The Balaban J connectivity index is 1.62. The minimum absolute atomic E-state index is 0.0847. The van der Waals surface area contributed by atoms with Crippen molar-refractivity contribution >= 4 is 33.7 Å². The molecule has 0 heterocycles. The van der Waals surface area contributed by atoms with Crippen molar-refractivity contribution in [3.63, 3.8) is 0 Å². The van der Waals surface area contributed by atoms with Gasteiger partial charge in [-0.25, -0.2) is 0 Å². The van der Waals surface area contributed by atoms with Crippen LogP contribution in [0.2, 0.25) is 0 Å². The maximum atomic E-state index is 13.9. The number of carbonyl (C=O) groups excluding carboxylic acids is 3. The van der Waals surface area contributed by atoms with Crippen LogP contribution in [0.4, 0.5) is 0 Å². The van der Waals surface area contributed by atoms with Gasteiger partial charge in [-0.1, -0.05) is 101 Å². The van der Waals surface area contributed by atoms with E-state index in [1.807, 2.05) is 84.9 Å². The van der Waals surface area contributed by atoms with E-state index in [-0.39, 0.29) is 32.2 Å². The zero-order valence-corrected chi connectivity index (χ0v) is 26.4. The monoisotopic (exact) mass is 669 g/mol. The second-order valence-electron chi connectivity index (χ2n) is 10.2. The van der Waals surface area contributed by atoms with E-state index in [0.717, 1.165) is 21.2 Å². The van der Waals surface area contributed by atoms with Crippen LogP contribution in [-0.2, 0) is 33.9 Å². The number of hydrogen-bond donors (Lipinski definition) is 3. The third-order valence-electron chi connectivity index (χ3n) is 6.93. The molecule has 0 saturated carbocycles. The number of aliphatic hydroxyl groups excluding tert-OH is 1. The minimum Gasteiger partial charge on any atom is -0.491 e. The molecule has 9 heteroatoms. The summed E-state index contributed by atoms with van der Waals surface area (Å²) < 4.78 is 6.55. The molecular weight excluding hydrogens is 634 g/mol. The summed E-state index contributed by atoms with van der Waals surface area (Å²) >= 11 is 3.45. The van der Waals surface area contributed by atoms with Crippen molar-refractivity contribution in [3.8, 4) is 5.75 Å². The van der Waals surface area contributed by atoms with Crippen molar-refractivity contribution in [2.45, 2.75) is 25.6 Å². The van der Waals surface area contributed by atoms with Crippen molar-refractivity contribution in [1.29, 1.82) is 0 Å². The molecule has 0 aliphatic carbocycles. The normalized spacial score (nSPS) is 11.5. The molecule has 45 heavy (non-hydrogen) atoms. The molecule has 0 aliphatic rings. The van der Waals surface area contributed by atoms with Crippen LogP contribution < -0.4 is 15.4 Å². The first-order valence-corrected chi connectivity index (χ1v) is 15.4. The van der Waals surface area contributed by atoms with Gasteiger partial charge in [0.2, 0.25) is 17.7 Å². The fourth-order valence-corrected chi connectivity index (χ4v) is 4.91. The minimum atomic E-state index is -1.04. The summed E-state index contributed by atoms with van der Waals surface area (Å²) in [6.07, 6.45) is 2.86. The van der Waals surface area contributed by atoms with E-state index in [4.69, 9.17) is 4.74 Å². The van der Waals surface area contributed by atoms with Crippen LogP contribution in [0.5, 0.6) is 5.75 Å². The molecule has 8 nitrogen and oxygen atoms in total. The van der Waals surface area contributed by atoms with Crippen LogP contribution in [0.3, 0.4) is 0 Å². The van der Waals surface area contributed by atoms with Gasteiger partial charge in [0.05, 0.1) is 6.61 Å². The van der Waals surface area contributed by atoms with E-state index >= 15 is 0 Å². The Bertz CT molecular complexity index is 1560. The average molecular weight is 671 g/mol. The summed E-state index contributed by atoms with van der Waals surface area (Å²) in [5.41, 5.74) is 3.35. The lowest BCUT2D eigenvalue weighted by molar-refractivity contribution is -0.137. The predicted octanol–water partition coefficient (Wildman–Crippen LogP) is 5.12. The Hall–Kier alpha value is -4.73. The van der Waals surface area contributed by atoms with E-state index in [0.29, 0.717) is 24.3 Å². The first kappa shape index (κ1) is 33.2. The summed E-state index contributed by atoms with van der Waals surface area (Å²) in [7, 11) is 0. The summed E-state index contributed by atoms with van der Waals surface area (Å²) in [5, 5.41) is 15.0. The zero-order valence-electron chi connectivity index (χ0n) is 24.8. The molecule has 0 radical (unpaired) electrons. The van der Waals surface area contributed by atoms with Crippen LogP contribution in [-0.4, -0.2) is 47.5 Å². The number of rotatable bonds is 15. The Kier molecular flexibility index (Phi) is 12.9. The molecule has 0 saturated heterocycles. The van der Waals surface area contributed by atoms with Crippen molar-refractivity contribution < 1.29 is 24.2 Å². The molecular formula is C36H36BrN3O5. The highest BCUT2D eigenvalue weighted by molar-refractivity contribution is 9.10. The smallest absolute Gasteiger partial charge is 0.247 e. The van der Waals surface area contributed by atoms with Gasteiger partial charge in [0.1, 0.15) is 18.4 Å². The Morgan fingerprint density at radius 2 is 1.42 bits per heavy atom. The molecule has 0 aromatic heterocycles. The number of ether oxygens (including phenoxy) is 1. The Labute approximate surface area is 271 Å². The topological polar surface area (TPSA) is 108 Å². The summed E-state index contributed by atoms with van der Waals surface area (Å²) in [5.74, 6) is -0.851. The molecule has 232 valence electrons. The summed E-state index contributed by atoms with van der Waals surface area (Å²) in [4.78, 5) is 41.9. The first-order valence-electron chi connectivity index (χ1n) is 14.6. The number of halogens is 1. The predicted molar refractivity (Wildman–Crippen MR) is 177 cm³/mol. The molecule has 1 unspecified atom stereocenters. The van der Waals surface area contributed by atoms with Crippen LogP contribution in [0, 0.1) is 0 Å². The molecule has 4 aromatic rings. The number of carbonyl (C=O) groups is 3. The number of aliphatic hydroxyl groups is 1. The van der Waals surface area contributed by atoms with Crippen LogP contribution in [0.25, 0.3) is 0 Å². The Morgan fingerprint density at radius 1 is 0.778 bits per heavy atom. The van der Waals surface area contributed by atoms with Gasteiger partial charge in [0.15, 0.2) is 0 Å². The van der Waals surface area contributed by atoms with Gasteiger partial charge in [0.25, 0.3) is 0 Å². The number of benzene rings is 4. The molecule has 0 spiro atoms. The lowest BCUT2D eigenvalue weighted by Crippen LogP contribution is -2.44. The van der Waals surface area contributed by atoms with Crippen LogP contribution in [0.15, 0.2) is 126 Å². The molecule has 0 fully saturated rings. The maximum absolute atomic E-state index is 13.9. The van der Waals surface area contributed by atoms with E-state index in [9.17, 15) is 19.5 Å². The fourth-order valence-electron chi connectivity index (χ4n) is 4.65. The van der Waals surface area contributed by atoms with Gasteiger partial charge < -0.3 is 25.4 Å². The largest absolute Gasteiger partial charge is 0.491 e.